The van der Waals surface area contributed by atoms with Crippen molar-refractivity contribution in [2.45, 2.75) is 20.3 Å². The zero-order chi connectivity index (χ0) is 20.9. The molecule has 0 unspecified atom stereocenters. The third kappa shape index (κ3) is 3.00. The summed E-state index contributed by atoms with van der Waals surface area (Å²) in [7, 11) is 0. The van der Waals surface area contributed by atoms with Crippen LogP contribution in [0.25, 0.3) is 21.7 Å². The molecule has 1 N–H and O–H groups in total. The maximum Gasteiger partial charge on any atom is 0.237 e. The van der Waals surface area contributed by atoms with Crippen LogP contribution in [-0.4, -0.2) is 35.5 Å². The van der Waals surface area contributed by atoms with Crippen molar-refractivity contribution >= 4 is 22.4 Å². The van der Waals surface area contributed by atoms with Crippen LogP contribution in [0.15, 0.2) is 36.4 Å². The van der Waals surface area contributed by atoms with E-state index in [0.717, 1.165) is 57.7 Å². The largest absolute Gasteiger partial charge is 0.314 e. The Kier molecular flexibility index (Phi) is 4.42. The lowest BCUT2D eigenvalue weighted by Gasteiger charge is -2.36. The molecule has 30 heavy (non-hydrogen) atoms. The molecule has 2 aliphatic heterocycles. The van der Waals surface area contributed by atoms with E-state index in [1.165, 1.54) is 11.3 Å². The van der Waals surface area contributed by atoms with Crippen molar-refractivity contribution in [2.75, 3.05) is 24.5 Å². The lowest BCUT2D eigenvalue weighted by atomic mass is 9.80. The van der Waals surface area contributed by atoms with Gasteiger partial charge in [0.15, 0.2) is 5.13 Å². The van der Waals surface area contributed by atoms with Crippen LogP contribution in [0.3, 0.4) is 0 Å². The summed E-state index contributed by atoms with van der Waals surface area (Å²) >= 11 is 1.54. The number of nitriles is 1. The number of nitrogens with zero attached hydrogens (tertiary/aromatic N) is 4. The van der Waals surface area contributed by atoms with Crippen molar-refractivity contribution < 1.29 is 4.79 Å². The standard InChI is InChI=1S/C23H21N5OS/c1-14-8-18(9-15(2)26-14)20-19(17-5-3-4-16(10-17)11-24)27-22(30-20)28-7-6-23(21(28)29)12-25-13-23/h3-5,8-10,25H,6-7,12-13H2,1-2H3. The lowest BCUT2D eigenvalue weighted by Crippen LogP contribution is -2.57. The molecule has 0 bridgehead atoms. The Bertz CT molecular complexity index is 1180. The summed E-state index contributed by atoms with van der Waals surface area (Å²) in [5.74, 6) is 0.168. The van der Waals surface area contributed by atoms with E-state index in [-0.39, 0.29) is 11.3 Å². The molecule has 0 radical (unpaired) electrons. The smallest absolute Gasteiger partial charge is 0.237 e. The molecule has 0 saturated carbocycles. The number of pyridine rings is 1. The zero-order valence-corrected chi connectivity index (χ0v) is 17.7. The first-order valence-electron chi connectivity index (χ1n) is 9.99. The Labute approximate surface area is 179 Å². The number of nitrogens with one attached hydrogen (secondary N) is 1. The van der Waals surface area contributed by atoms with Gasteiger partial charge in [-0.3, -0.25) is 14.7 Å². The summed E-state index contributed by atoms with van der Waals surface area (Å²) in [6.45, 7) is 6.15. The van der Waals surface area contributed by atoms with Crippen molar-refractivity contribution in [1.82, 2.24) is 15.3 Å². The van der Waals surface area contributed by atoms with Crippen molar-refractivity contribution in [1.29, 1.82) is 5.26 Å². The minimum Gasteiger partial charge on any atom is -0.314 e. The molecule has 2 aliphatic rings. The van der Waals surface area contributed by atoms with Crippen LogP contribution in [0.1, 0.15) is 23.4 Å². The molecule has 2 saturated heterocycles. The number of anilines is 1. The van der Waals surface area contributed by atoms with Gasteiger partial charge in [0.2, 0.25) is 5.91 Å². The normalized spacial score (nSPS) is 17.2. The fraction of sp³-hybridized carbons (Fsp3) is 0.304. The highest BCUT2D eigenvalue weighted by molar-refractivity contribution is 7.19. The number of hydrogen-bond donors (Lipinski definition) is 1. The number of hydrogen-bond acceptors (Lipinski definition) is 6. The van der Waals surface area contributed by atoms with Crippen LogP contribution >= 0.6 is 11.3 Å². The first-order chi connectivity index (χ1) is 14.5. The Hall–Kier alpha value is -3.08. The van der Waals surface area contributed by atoms with Crippen molar-refractivity contribution in [3.8, 4) is 27.8 Å². The predicted octanol–water partition coefficient (Wildman–Crippen LogP) is 3.69. The molecule has 0 aliphatic carbocycles. The predicted molar refractivity (Wildman–Crippen MR) is 117 cm³/mol. The topological polar surface area (TPSA) is 81.9 Å². The number of benzene rings is 1. The van der Waals surface area contributed by atoms with Gasteiger partial charge in [-0.25, -0.2) is 4.98 Å². The van der Waals surface area contributed by atoms with Gasteiger partial charge in [-0.1, -0.05) is 23.5 Å². The van der Waals surface area contributed by atoms with Gasteiger partial charge in [0, 0.05) is 36.6 Å². The van der Waals surface area contributed by atoms with Crippen LogP contribution < -0.4 is 10.2 Å². The highest BCUT2D eigenvalue weighted by Crippen LogP contribution is 2.44. The average molecular weight is 416 g/mol. The first-order valence-corrected chi connectivity index (χ1v) is 10.8. The fourth-order valence-corrected chi connectivity index (χ4v) is 5.37. The molecule has 3 aromatic rings. The van der Waals surface area contributed by atoms with Gasteiger partial charge in [-0.2, -0.15) is 5.26 Å². The Morgan fingerprint density at radius 2 is 1.90 bits per heavy atom. The summed E-state index contributed by atoms with van der Waals surface area (Å²) in [6, 6.07) is 13.8. The molecule has 2 fully saturated rings. The molecule has 4 heterocycles. The monoisotopic (exact) mass is 415 g/mol. The molecule has 6 nitrogen and oxygen atoms in total. The average Bonchev–Trinajstić information content (AvgIpc) is 3.28. The molecule has 2 aromatic heterocycles. The quantitative estimate of drug-likeness (QED) is 0.706. The van der Waals surface area contributed by atoms with Gasteiger partial charge in [0.25, 0.3) is 0 Å². The maximum atomic E-state index is 13.1. The van der Waals surface area contributed by atoms with E-state index in [1.54, 1.807) is 6.07 Å². The molecule has 150 valence electrons. The number of aryl methyl sites for hydroxylation is 2. The summed E-state index contributed by atoms with van der Waals surface area (Å²) in [5, 5.41) is 13.3. The first kappa shape index (κ1) is 18.9. The second-order valence-corrected chi connectivity index (χ2v) is 9.07. The van der Waals surface area contributed by atoms with Crippen molar-refractivity contribution in [3.05, 3.63) is 53.3 Å². The van der Waals surface area contributed by atoms with Crippen LogP contribution in [0, 0.1) is 30.6 Å². The Balaban J connectivity index is 1.65. The SMILES string of the molecule is Cc1cc(-c2sc(N3CCC4(CNC4)C3=O)nc2-c2cccc(C#N)c2)cc(C)n1. The van der Waals surface area contributed by atoms with Gasteiger partial charge in [0.05, 0.1) is 27.6 Å². The molecule has 1 aromatic carbocycles. The number of carbonyl (C=O) groups is 1. The molecule has 1 amide bonds. The van der Waals surface area contributed by atoms with Gasteiger partial charge < -0.3 is 5.32 Å². The van der Waals surface area contributed by atoms with Gasteiger partial charge >= 0.3 is 0 Å². The van der Waals surface area contributed by atoms with Crippen LogP contribution in [0.2, 0.25) is 0 Å². The van der Waals surface area contributed by atoms with Crippen LogP contribution in [0.4, 0.5) is 5.13 Å². The summed E-state index contributed by atoms with van der Waals surface area (Å²) < 4.78 is 0. The Morgan fingerprint density at radius 3 is 2.53 bits per heavy atom. The third-order valence-corrected chi connectivity index (χ3v) is 7.02. The van der Waals surface area contributed by atoms with E-state index in [2.05, 4.69) is 16.4 Å². The van der Waals surface area contributed by atoms with E-state index in [9.17, 15) is 10.1 Å². The summed E-state index contributed by atoms with van der Waals surface area (Å²) in [4.78, 5) is 25.4. The number of rotatable bonds is 3. The van der Waals surface area contributed by atoms with Gasteiger partial charge in [-0.15, -0.1) is 0 Å². The third-order valence-electron chi connectivity index (χ3n) is 5.90. The van der Waals surface area contributed by atoms with Crippen molar-refractivity contribution in [3.63, 3.8) is 0 Å². The van der Waals surface area contributed by atoms with E-state index >= 15 is 0 Å². The van der Waals surface area contributed by atoms with E-state index in [1.807, 2.05) is 49.1 Å². The van der Waals surface area contributed by atoms with E-state index in [4.69, 9.17) is 4.98 Å². The van der Waals surface area contributed by atoms with Crippen molar-refractivity contribution in [2.24, 2.45) is 5.41 Å². The summed E-state index contributed by atoms with van der Waals surface area (Å²) in [6.07, 6.45) is 0.862. The number of aromatic nitrogens is 2. The zero-order valence-electron chi connectivity index (χ0n) is 16.9. The van der Waals surface area contributed by atoms with E-state index < -0.39 is 0 Å². The maximum absolute atomic E-state index is 13.1. The van der Waals surface area contributed by atoms with Crippen LogP contribution in [0.5, 0.6) is 0 Å². The minimum atomic E-state index is -0.253. The lowest BCUT2D eigenvalue weighted by molar-refractivity contribution is -0.127. The highest BCUT2D eigenvalue weighted by atomic mass is 32.1. The number of carbonyl (C=O) groups excluding carboxylic acids is 1. The highest BCUT2D eigenvalue weighted by Gasteiger charge is 2.51. The molecular weight excluding hydrogens is 394 g/mol. The molecule has 0 atom stereocenters. The van der Waals surface area contributed by atoms with Gasteiger partial charge in [-0.05, 0) is 50.1 Å². The molecule has 7 heteroatoms. The molecule has 5 rings (SSSR count). The van der Waals surface area contributed by atoms with E-state index in [0.29, 0.717) is 12.1 Å². The Morgan fingerprint density at radius 1 is 1.13 bits per heavy atom. The second kappa shape index (κ2) is 7.01. The molecule has 1 spiro atoms. The van der Waals surface area contributed by atoms with Gasteiger partial charge in [0.1, 0.15) is 0 Å². The minimum absolute atomic E-state index is 0.168. The molecular formula is C23H21N5OS. The number of thiazole rings is 1. The summed E-state index contributed by atoms with van der Waals surface area (Å²) in [5.41, 5.74) is 4.93. The number of amides is 1. The van der Waals surface area contributed by atoms with Crippen LogP contribution in [-0.2, 0) is 4.79 Å². The second-order valence-electron chi connectivity index (χ2n) is 8.10. The fourth-order valence-electron chi connectivity index (χ4n) is 4.28.